The van der Waals surface area contributed by atoms with E-state index in [1.807, 2.05) is 6.07 Å². The van der Waals surface area contributed by atoms with Crippen LogP contribution in [0.4, 0.5) is 0 Å². The Bertz CT molecular complexity index is 778. The lowest BCUT2D eigenvalue weighted by Gasteiger charge is -2.29. The van der Waals surface area contributed by atoms with Crippen molar-refractivity contribution in [3.05, 3.63) is 53.9 Å². The Hall–Kier alpha value is -2.56. The van der Waals surface area contributed by atoms with E-state index in [1.54, 1.807) is 0 Å². The van der Waals surface area contributed by atoms with Crippen molar-refractivity contribution in [1.29, 1.82) is 0 Å². The van der Waals surface area contributed by atoms with Gasteiger partial charge in [0.05, 0.1) is 7.11 Å². The number of aromatic hydroxyl groups is 1. The summed E-state index contributed by atoms with van der Waals surface area (Å²) in [4.78, 5) is 16.5. The van der Waals surface area contributed by atoms with Gasteiger partial charge in [0.2, 0.25) is 0 Å². The van der Waals surface area contributed by atoms with Crippen molar-refractivity contribution in [3.63, 3.8) is 0 Å². The Labute approximate surface area is 147 Å². The predicted octanol–water partition coefficient (Wildman–Crippen LogP) is 3.11. The Kier molecular flexibility index (Phi) is 4.07. The number of aromatic nitrogens is 1. The van der Waals surface area contributed by atoms with Gasteiger partial charge in [0.1, 0.15) is 0 Å². The molecule has 2 bridgehead atoms. The monoisotopic (exact) mass is 338 g/mol. The zero-order valence-corrected chi connectivity index (χ0v) is 14.2. The first-order chi connectivity index (χ1) is 12.2. The summed E-state index contributed by atoms with van der Waals surface area (Å²) in [7, 11) is 1.45. The average Bonchev–Trinajstić information content (AvgIpc) is 3.23. The smallest absolute Gasteiger partial charge is 0.274 e. The van der Waals surface area contributed by atoms with Gasteiger partial charge in [0.15, 0.2) is 17.2 Å². The standard InChI is InChI=1S/C20H22N2O3/c1-25-17-7-8-21-18(19(17)23)20(24)22-16-11-13-9-14(16)10-15(13)12-5-3-2-4-6-12/h2-8,13-16,23H,9-11H2,1H3,(H,22,24)/t13?,14?,15-,16?/m1/s1. The van der Waals surface area contributed by atoms with E-state index < -0.39 is 0 Å². The van der Waals surface area contributed by atoms with Gasteiger partial charge in [-0.3, -0.25) is 4.79 Å². The minimum atomic E-state index is -0.329. The van der Waals surface area contributed by atoms with Crippen LogP contribution in [0.3, 0.4) is 0 Å². The first-order valence-electron chi connectivity index (χ1n) is 8.75. The van der Waals surface area contributed by atoms with Crippen LogP contribution in [-0.4, -0.2) is 29.1 Å². The second-order valence-corrected chi connectivity index (χ2v) is 7.03. The zero-order chi connectivity index (χ0) is 17.4. The van der Waals surface area contributed by atoms with Gasteiger partial charge in [-0.05, 0) is 42.6 Å². The summed E-state index contributed by atoms with van der Waals surface area (Å²) in [5.74, 6) is 1.44. The Morgan fingerprint density at radius 2 is 1.96 bits per heavy atom. The fraction of sp³-hybridized carbons (Fsp3) is 0.400. The van der Waals surface area contributed by atoms with Crippen molar-refractivity contribution >= 4 is 5.91 Å². The number of methoxy groups -OCH3 is 1. The largest absolute Gasteiger partial charge is 0.503 e. The number of ether oxygens (including phenoxy) is 1. The molecule has 2 aromatic rings. The van der Waals surface area contributed by atoms with E-state index in [0.29, 0.717) is 17.8 Å². The number of benzene rings is 1. The topological polar surface area (TPSA) is 71.5 Å². The second-order valence-electron chi connectivity index (χ2n) is 7.03. The third-order valence-corrected chi connectivity index (χ3v) is 5.72. The van der Waals surface area contributed by atoms with Crippen molar-refractivity contribution in [2.24, 2.45) is 11.8 Å². The van der Waals surface area contributed by atoms with Gasteiger partial charge in [0, 0.05) is 18.3 Å². The van der Waals surface area contributed by atoms with E-state index in [9.17, 15) is 9.90 Å². The van der Waals surface area contributed by atoms with Gasteiger partial charge in [-0.1, -0.05) is 30.3 Å². The first-order valence-corrected chi connectivity index (χ1v) is 8.75. The van der Waals surface area contributed by atoms with Crippen LogP contribution in [0, 0.1) is 11.8 Å². The molecule has 1 amide bonds. The third kappa shape index (κ3) is 2.84. The van der Waals surface area contributed by atoms with E-state index in [1.165, 1.54) is 24.9 Å². The van der Waals surface area contributed by atoms with Crippen LogP contribution in [0.25, 0.3) is 0 Å². The lowest BCUT2D eigenvalue weighted by Crippen LogP contribution is -2.39. The number of carbonyl (C=O) groups excluding carboxylic acids is 1. The summed E-state index contributed by atoms with van der Waals surface area (Å²) in [5, 5.41) is 13.2. The molecule has 0 spiro atoms. The van der Waals surface area contributed by atoms with Gasteiger partial charge in [0.25, 0.3) is 5.91 Å². The number of hydrogen-bond donors (Lipinski definition) is 2. The first kappa shape index (κ1) is 15.9. The molecule has 4 atom stereocenters. The van der Waals surface area contributed by atoms with Crippen LogP contribution < -0.4 is 10.1 Å². The normalized spacial score (nSPS) is 27.2. The summed E-state index contributed by atoms with van der Waals surface area (Å²) in [6.45, 7) is 0. The highest BCUT2D eigenvalue weighted by Gasteiger charge is 2.46. The molecule has 2 aliphatic carbocycles. The molecule has 2 saturated carbocycles. The molecule has 0 aliphatic heterocycles. The molecule has 1 aromatic heterocycles. The molecular formula is C20H22N2O3. The molecule has 25 heavy (non-hydrogen) atoms. The number of carbonyl (C=O) groups is 1. The molecule has 3 unspecified atom stereocenters. The van der Waals surface area contributed by atoms with Crippen molar-refractivity contribution < 1.29 is 14.6 Å². The molecule has 1 aromatic carbocycles. The maximum absolute atomic E-state index is 12.5. The summed E-state index contributed by atoms with van der Waals surface area (Å²) in [6, 6.07) is 12.3. The third-order valence-electron chi connectivity index (χ3n) is 5.72. The van der Waals surface area contributed by atoms with Crippen LogP contribution in [0.2, 0.25) is 0 Å². The SMILES string of the molecule is COc1ccnc(C(=O)NC2CC3CC2C[C@@H]3c2ccccc2)c1O. The number of rotatable bonds is 4. The molecule has 130 valence electrons. The fourth-order valence-electron chi connectivity index (χ4n) is 4.56. The second kappa shape index (κ2) is 6.39. The van der Waals surface area contributed by atoms with Crippen molar-refractivity contribution in [3.8, 4) is 11.5 Å². The van der Waals surface area contributed by atoms with Gasteiger partial charge in [-0.2, -0.15) is 0 Å². The summed E-state index contributed by atoms with van der Waals surface area (Å²) >= 11 is 0. The number of fused-ring (bicyclic) bond motifs is 2. The summed E-state index contributed by atoms with van der Waals surface area (Å²) in [5.41, 5.74) is 1.44. The maximum Gasteiger partial charge on any atom is 0.274 e. The number of nitrogens with zero attached hydrogens (tertiary/aromatic N) is 1. The Morgan fingerprint density at radius 1 is 1.16 bits per heavy atom. The molecule has 1 heterocycles. The van der Waals surface area contributed by atoms with Gasteiger partial charge in [-0.15, -0.1) is 0 Å². The van der Waals surface area contributed by atoms with Crippen LogP contribution in [0.5, 0.6) is 11.5 Å². The number of pyridine rings is 1. The van der Waals surface area contributed by atoms with Crippen LogP contribution in [0.15, 0.2) is 42.6 Å². The molecule has 5 nitrogen and oxygen atoms in total. The van der Waals surface area contributed by atoms with Gasteiger partial charge < -0.3 is 15.2 Å². The number of nitrogens with one attached hydrogen (secondary N) is 1. The molecular weight excluding hydrogens is 316 g/mol. The summed E-state index contributed by atoms with van der Waals surface area (Å²) < 4.78 is 5.05. The van der Waals surface area contributed by atoms with E-state index in [-0.39, 0.29) is 29.1 Å². The Morgan fingerprint density at radius 3 is 2.64 bits per heavy atom. The van der Waals surface area contributed by atoms with Gasteiger partial charge in [-0.25, -0.2) is 4.98 Å². The highest BCUT2D eigenvalue weighted by Crippen LogP contribution is 2.53. The van der Waals surface area contributed by atoms with E-state index in [2.05, 4.69) is 34.6 Å². The van der Waals surface area contributed by atoms with Crippen LogP contribution in [0.1, 0.15) is 41.2 Å². The molecule has 2 fully saturated rings. The molecule has 0 saturated heterocycles. The average molecular weight is 338 g/mol. The fourth-order valence-corrected chi connectivity index (χ4v) is 4.56. The quantitative estimate of drug-likeness (QED) is 0.898. The predicted molar refractivity (Wildman–Crippen MR) is 93.7 cm³/mol. The molecule has 5 heteroatoms. The number of amides is 1. The molecule has 2 N–H and O–H groups in total. The molecule has 4 rings (SSSR count). The van der Waals surface area contributed by atoms with Crippen LogP contribution in [-0.2, 0) is 0 Å². The highest BCUT2D eigenvalue weighted by atomic mass is 16.5. The highest BCUT2D eigenvalue weighted by molar-refractivity contribution is 5.95. The maximum atomic E-state index is 12.5. The zero-order valence-electron chi connectivity index (χ0n) is 14.2. The van der Waals surface area contributed by atoms with Crippen molar-refractivity contribution in [2.45, 2.75) is 31.2 Å². The Balaban J connectivity index is 1.44. The number of hydrogen-bond acceptors (Lipinski definition) is 4. The van der Waals surface area contributed by atoms with E-state index >= 15 is 0 Å². The molecule has 0 radical (unpaired) electrons. The van der Waals surface area contributed by atoms with Crippen LogP contribution >= 0.6 is 0 Å². The minimum Gasteiger partial charge on any atom is -0.503 e. The minimum absolute atomic E-state index is 0.0294. The summed E-state index contributed by atoms with van der Waals surface area (Å²) in [6.07, 6.45) is 4.72. The van der Waals surface area contributed by atoms with Gasteiger partial charge >= 0.3 is 0 Å². The lowest BCUT2D eigenvalue weighted by molar-refractivity contribution is 0.0912. The van der Waals surface area contributed by atoms with Crippen molar-refractivity contribution in [1.82, 2.24) is 10.3 Å². The lowest BCUT2D eigenvalue weighted by atomic mass is 9.81. The molecule has 2 aliphatic rings. The van der Waals surface area contributed by atoms with E-state index in [4.69, 9.17) is 4.74 Å². The van der Waals surface area contributed by atoms with E-state index in [0.717, 1.165) is 19.3 Å². The van der Waals surface area contributed by atoms with Crippen molar-refractivity contribution in [2.75, 3.05) is 7.11 Å².